The van der Waals surface area contributed by atoms with Crippen LogP contribution in [-0.2, 0) is 13.0 Å². The van der Waals surface area contributed by atoms with E-state index in [-0.39, 0.29) is 0 Å². The smallest absolute Gasteiger partial charge is 0.124 e. The Morgan fingerprint density at radius 2 is 1.93 bits per heavy atom. The molecular formula is C11H12N2O. The van der Waals surface area contributed by atoms with E-state index in [9.17, 15) is 0 Å². The summed E-state index contributed by atoms with van der Waals surface area (Å²) in [6, 6.07) is 9.97. The van der Waals surface area contributed by atoms with Gasteiger partial charge in [-0.2, -0.15) is 0 Å². The molecule has 14 heavy (non-hydrogen) atoms. The first-order chi connectivity index (χ1) is 6.90. The highest BCUT2D eigenvalue weighted by atomic mass is 16.5. The van der Waals surface area contributed by atoms with Crippen LogP contribution in [-0.4, -0.2) is 5.16 Å². The number of nitrogens with two attached hydrogens (primary N) is 1. The second-order valence-corrected chi connectivity index (χ2v) is 3.14. The van der Waals surface area contributed by atoms with Gasteiger partial charge >= 0.3 is 0 Å². The molecule has 0 saturated heterocycles. The Bertz CT molecular complexity index is 395. The fourth-order valence-electron chi connectivity index (χ4n) is 1.45. The third-order valence-electron chi connectivity index (χ3n) is 2.20. The number of benzene rings is 1. The van der Waals surface area contributed by atoms with Gasteiger partial charge in [-0.1, -0.05) is 29.4 Å². The topological polar surface area (TPSA) is 52.0 Å². The van der Waals surface area contributed by atoms with Crippen LogP contribution in [0.4, 0.5) is 0 Å². The molecule has 3 nitrogen and oxygen atoms in total. The molecule has 1 aromatic carbocycles. The van der Waals surface area contributed by atoms with Gasteiger partial charge in [0, 0.05) is 19.0 Å². The van der Waals surface area contributed by atoms with Gasteiger partial charge in [0.15, 0.2) is 0 Å². The minimum atomic E-state index is 0.564. The van der Waals surface area contributed by atoms with Gasteiger partial charge < -0.3 is 10.3 Å². The maximum Gasteiger partial charge on any atom is 0.124 e. The molecule has 0 aliphatic rings. The number of hydrogen-bond donors (Lipinski definition) is 1. The standard InChI is InChI=1S/C11H12N2O/c12-8-10-4-2-1-3-9(10)7-11-5-6-14-13-11/h1-6H,7-8,12H2. The zero-order chi connectivity index (χ0) is 9.80. The third-order valence-corrected chi connectivity index (χ3v) is 2.20. The summed E-state index contributed by atoms with van der Waals surface area (Å²) in [5, 5.41) is 3.87. The summed E-state index contributed by atoms with van der Waals surface area (Å²) in [6.07, 6.45) is 2.37. The summed E-state index contributed by atoms with van der Waals surface area (Å²) in [6.45, 7) is 0.564. The summed E-state index contributed by atoms with van der Waals surface area (Å²) in [5.41, 5.74) is 8.95. The van der Waals surface area contributed by atoms with Crippen molar-refractivity contribution in [2.75, 3.05) is 0 Å². The van der Waals surface area contributed by atoms with Gasteiger partial charge in [0.2, 0.25) is 0 Å². The second-order valence-electron chi connectivity index (χ2n) is 3.14. The molecule has 2 aromatic rings. The van der Waals surface area contributed by atoms with Gasteiger partial charge in [-0.3, -0.25) is 0 Å². The molecule has 0 bridgehead atoms. The Kier molecular flexibility index (Phi) is 2.60. The highest BCUT2D eigenvalue weighted by Gasteiger charge is 2.03. The molecule has 0 aliphatic heterocycles. The highest BCUT2D eigenvalue weighted by Crippen LogP contribution is 2.12. The van der Waals surface area contributed by atoms with Crippen molar-refractivity contribution < 1.29 is 4.52 Å². The molecule has 0 saturated carbocycles. The Hall–Kier alpha value is -1.61. The van der Waals surface area contributed by atoms with Crippen LogP contribution in [0, 0.1) is 0 Å². The molecule has 72 valence electrons. The van der Waals surface area contributed by atoms with Crippen molar-refractivity contribution in [3.05, 3.63) is 53.4 Å². The van der Waals surface area contributed by atoms with Gasteiger partial charge in [-0.25, -0.2) is 0 Å². The first kappa shape index (κ1) is 8.97. The Morgan fingerprint density at radius 3 is 2.57 bits per heavy atom. The maximum absolute atomic E-state index is 5.64. The van der Waals surface area contributed by atoms with Gasteiger partial charge in [-0.05, 0) is 11.1 Å². The number of nitrogens with zero attached hydrogens (tertiary/aromatic N) is 1. The van der Waals surface area contributed by atoms with Crippen LogP contribution in [0.3, 0.4) is 0 Å². The first-order valence-corrected chi connectivity index (χ1v) is 4.56. The van der Waals surface area contributed by atoms with Crippen molar-refractivity contribution in [2.24, 2.45) is 5.73 Å². The molecule has 2 rings (SSSR count). The highest BCUT2D eigenvalue weighted by molar-refractivity contribution is 5.30. The molecule has 0 spiro atoms. The minimum Gasteiger partial charge on any atom is -0.365 e. The fraction of sp³-hybridized carbons (Fsp3) is 0.182. The summed E-state index contributed by atoms with van der Waals surface area (Å²) in [7, 11) is 0. The van der Waals surface area contributed by atoms with Gasteiger partial charge in [0.1, 0.15) is 6.26 Å². The second kappa shape index (κ2) is 4.07. The number of hydrogen-bond acceptors (Lipinski definition) is 3. The lowest BCUT2D eigenvalue weighted by atomic mass is 10.0. The van der Waals surface area contributed by atoms with E-state index in [1.165, 1.54) is 5.56 Å². The summed E-state index contributed by atoms with van der Waals surface area (Å²) < 4.78 is 4.78. The van der Waals surface area contributed by atoms with Crippen LogP contribution >= 0.6 is 0 Å². The van der Waals surface area contributed by atoms with Crippen LogP contribution < -0.4 is 5.73 Å². The monoisotopic (exact) mass is 188 g/mol. The largest absolute Gasteiger partial charge is 0.365 e. The van der Waals surface area contributed by atoms with Crippen LogP contribution in [0.2, 0.25) is 0 Å². The first-order valence-electron chi connectivity index (χ1n) is 4.56. The lowest BCUT2D eigenvalue weighted by Crippen LogP contribution is -2.01. The van der Waals surface area contributed by atoms with E-state index >= 15 is 0 Å². The van der Waals surface area contributed by atoms with Crippen LogP contribution in [0.5, 0.6) is 0 Å². The molecule has 0 aliphatic carbocycles. The molecule has 0 unspecified atom stereocenters. The van der Waals surface area contributed by atoms with E-state index in [1.807, 2.05) is 24.3 Å². The molecule has 1 aromatic heterocycles. The average Bonchev–Trinajstić information content (AvgIpc) is 2.71. The number of aromatic nitrogens is 1. The lowest BCUT2D eigenvalue weighted by molar-refractivity contribution is 0.413. The molecule has 1 heterocycles. The molecule has 3 heteroatoms. The summed E-state index contributed by atoms with van der Waals surface area (Å²) in [5.74, 6) is 0. The van der Waals surface area contributed by atoms with Crippen molar-refractivity contribution in [3.63, 3.8) is 0 Å². The fourth-order valence-corrected chi connectivity index (χ4v) is 1.45. The quantitative estimate of drug-likeness (QED) is 0.798. The Balaban J connectivity index is 2.24. The average molecular weight is 188 g/mol. The maximum atomic E-state index is 5.64. The molecule has 0 fully saturated rings. The van der Waals surface area contributed by atoms with Crippen molar-refractivity contribution in [1.82, 2.24) is 5.16 Å². The molecule has 0 atom stereocenters. The zero-order valence-corrected chi connectivity index (χ0v) is 7.81. The third kappa shape index (κ3) is 1.83. The molecule has 0 amide bonds. The number of rotatable bonds is 3. The Morgan fingerprint density at radius 1 is 1.14 bits per heavy atom. The van der Waals surface area contributed by atoms with E-state index < -0.39 is 0 Å². The van der Waals surface area contributed by atoms with Crippen LogP contribution in [0.15, 0.2) is 41.1 Å². The van der Waals surface area contributed by atoms with Crippen molar-refractivity contribution in [1.29, 1.82) is 0 Å². The van der Waals surface area contributed by atoms with Gasteiger partial charge in [0.05, 0.1) is 5.69 Å². The van der Waals surface area contributed by atoms with E-state index in [0.29, 0.717) is 6.54 Å². The van der Waals surface area contributed by atoms with Crippen molar-refractivity contribution in [2.45, 2.75) is 13.0 Å². The summed E-state index contributed by atoms with van der Waals surface area (Å²) >= 11 is 0. The molecular weight excluding hydrogens is 176 g/mol. The SMILES string of the molecule is NCc1ccccc1Cc1ccon1. The van der Waals surface area contributed by atoms with Gasteiger partial charge in [-0.15, -0.1) is 0 Å². The van der Waals surface area contributed by atoms with Crippen molar-refractivity contribution >= 4 is 0 Å². The predicted molar refractivity (Wildman–Crippen MR) is 53.6 cm³/mol. The predicted octanol–water partition coefficient (Wildman–Crippen LogP) is 1.72. The Labute approximate surface area is 82.5 Å². The van der Waals surface area contributed by atoms with E-state index in [4.69, 9.17) is 10.3 Å². The van der Waals surface area contributed by atoms with E-state index in [2.05, 4.69) is 11.2 Å². The molecule has 2 N–H and O–H groups in total. The normalized spacial score (nSPS) is 10.4. The van der Waals surface area contributed by atoms with Crippen LogP contribution in [0.25, 0.3) is 0 Å². The zero-order valence-electron chi connectivity index (χ0n) is 7.81. The van der Waals surface area contributed by atoms with Crippen LogP contribution in [0.1, 0.15) is 16.8 Å². The molecule has 0 radical (unpaired) electrons. The van der Waals surface area contributed by atoms with Gasteiger partial charge in [0.25, 0.3) is 0 Å². The lowest BCUT2D eigenvalue weighted by Gasteiger charge is -2.04. The summed E-state index contributed by atoms with van der Waals surface area (Å²) in [4.78, 5) is 0. The van der Waals surface area contributed by atoms with Crippen molar-refractivity contribution in [3.8, 4) is 0 Å². The van der Waals surface area contributed by atoms with E-state index in [1.54, 1.807) is 6.26 Å². The van der Waals surface area contributed by atoms with E-state index in [0.717, 1.165) is 17.7 Å². The minimum absolute atomic E-state index is 0.564.